The Kier molecular flexibility index (Phi) is 4.51. The molecule has 0 radical (unpaired) electrons. The fraction of sp³-hybridized carbons (Fsp3) is 0.364. The van der Waals surface area contributed by atoms with E-state index in [-0.39, 0.29) is 11.6 Å². The van der Waals surface area contributed by atoms with Crippen LogP contribution in [0.5, 0.6) is 11.5 Å². The number of ether oxygens (including phenoxy) is 2. The van der Waals surface area contributed by atoms with Gasteiger partial charge >= 0.3 is 0 Å². The van der Waals surface area contributed by atoms with Crippen molar-refractivity contribution in [2.75, 3.05) is 7.11 Å². The van der Waals surface area contributed by atoms with E-state index in [0.717, 1.165) is 29.2 Å². The molecule has 25 heavy (non-hydrogen) atoms. The minimum Gasteiger partial charge on any atom is -0.496 e. The Morgan fingerprint density at radius 1 is 1.36 bits per heavy atom. The molecule has 0 saturated heterocycles. The fourth-order valence-corrected chi connectivity index (χ4v) is 3.76. The monoisotopic (exact) mass is 337 g/mol. The molecule has 132 valence electrons. The Morgan fingerprint density at radius 3 is 2.76 bits per heavy atom. The molecule has 2 aliphatic rings. The lowest BCUT2D eigenvalue weighted by atomic mass is 9.83. The van der Waals surface area contributed by atoms with Gasteiger partial charge < -0.3 is 14.8 Å². The highest BCUT2D eigenvalue weighted by molar-refractivity contribution is 5.75. The predicted octanol–water partition coefficient (Wildman–Crippen LogP) is 5.02. The van der Waals surface area contributed by atoms with E-state index in [4.69, 9.17) is 9.47 Å². The molecular weight excluding hydrogens is 310 g/mol. The first-order chi connectivity index (χ1) is 11.9. The van der Waals surface area contributed by atoms with Gasteiger partial charge in [-0.3, -0.25) is 0 Å². The van der Waals surface area contributed by atoms with Gasteiger partial charge in [-0.2, -0.15) is 0 Å². The summed E-state index contributed by atoms with van der Waals surface area (Å²) in [7, 11) is 1.69. The van der Waals surface area contributed by atoms with Gasteiger partial charge in [0.05, 0.1) is 18.2 Å². The summed E-state index contributed by atoms with van der Waals surface area (Å²) in [5.74, 6) is 1.71. The molecule has 0 fully saturated rings. The topological polar surface area (TPSA) is 30.5 Å². The van der Waals surface area contributed by atoms with Crippen LogP contribution in [0.15, 0.2) is 59.3 Å². The number of rotatable bonds is 4. The van der Waals surface area contributed by atoms with Crippen molar-refractivity contribution < 1.29 is 9.47 Å². The lowest BCUT2D eigenvalue weighted by Gasteiger charge is -2.36. The Labute approximate surface area is 150 Å². The molecule has 1 atom stereocenters. The van der Waals surface area contributed by atoms with Crippen molar-refractivity contribution in [3.05, 3.63) is 64.9 Å². The molecule has 1 N–H and O–H groups in total. The SMILES string of the molecule is C=CC1=C(C2=Cc3c(OC)cccc3OC2CC)C(C)=CC(C)(C)N1. The number of hydrogen-bond donors (Lipinski definition) is 1. The van der Waals surface area contributed by atoms with Crippen molar-refractivity contribution in [2.24, 2.45) is 0 Å². The normalized spacial score (nSPS) is 21.4. The molecule has 2 heterocycles. The fourth-order valence-electron chi connectivity index (χ4n) is 3.76. The van der Waals surface area contributed by atoms with E-state index in [0.29, 0.717) is 0 Å². The van der Waals surface area contributed by atoms with Crippen LogP contribution in [0.1, 0.15) is 39.7 Å². The molecule has 1 aromatic carbocycles. The highest BCUT2D eigenvalue weighted by Gasteiger charge is 2.31. The number of nitrogens with one attached hydrogen (secondary N) is 1. The lowest BCUT2D eigenvalue weighted by Crippen LogP contribution is -2.40. The second kappa shape index (κ2) is 6.47. The Balaban J connectivity index is 2.20. The van der Waals surface area contributed by atoms with E-state index >= 15 is 0 Å². The van der Waals surface area contributed by atoms with Crippen molar-refractivity contribution in [2.45, 2.75) is 45.8 Å². The quantitative estimate of drug-likeness (QED) is 0.837. The van der Waals surface area contributed by atoms with Crippen LogP contribution in [-0.4, -0.2) is 18.8 Å². The van der Waals surface area contributed by atoms with Crippen molar-refractivity contribution in [1.82, 2.24) is 5.32 Å². The van der Waals surface area contributed by atoms with Crippen molar-refractivity contribution in [1.29, 1.82) is 0 Å². The summed E-state index contributed by atoms with van der Waals surface area (Å²) in [4.78, 5) is 0. The molecular formula is C22H27NO2. The van der Waals surface area contributed by atoms with Crippen LogP contribution in [0.25, 0.3) is 6.08 Å². The predicted molar refractivity (Wildman–Crippen MR) is 104 cm³/mol. The van der Waals surface area contributed by atoms with Crippen LogP contribution < -0.4 is 14.8 Å². The van der Waals surface area contributed by atoms with Crippen LogP contribution in [-0.2, 0) is 0 Å². The highest BCUT2D eigenvalue weighted by Crippen LogP contribution is 2.42. The molecule has 3 heteroatoms. The van der Waals surface area contributed by atoms with Gasteiger partial charge in [-0.15, -0.1) is 0 Å². The zero-order chi connectivity index (χ0) is 18.2. The van der Waals surface area contributed by atoms with Gasteiger partial charge in [-0.1, -0.05) is 25.6 Å². The van der Waals surface area contributed by atoms with E-state index in [2.05, 4.69) is 51.7 Å². The summed E-state index contributed by atoms with van der Waals surface area (Å²) >= 11 is 0. The average Bonchev–Trinajstić information content (AvgIpc) is 2.58. The maximum Gasteiger partial charge on any atom is 0.131 e. The molecule has 2 aliphatic heterocycles. The third-order valence-electron chi connectivity index (χ3n) is 4.72. The highest BCUT2D eigenvalue weighted by atomic mass is 16.5. The Morgan fingerprint density at radius 2 is 2.12 bits per heavy atom. The van der Waals surface area contributed by atoms with Gasteiger partial charge in [0.15, 0.2) is 0 Å². The van der Waals surface area contributed by atoms with E-state index in [1.165, 1.54) is 16.7 Å². The molecule has 3 nitrogen and oxygen atoms in total. The Hall–Kier alpha value is -2.42. The standard InChI is InChI=1S/C22H27NO2/c1-7-17-21(14(3)13-22(4,5)23-17)16-12-15-19(24-6)10-9-11-20(15)25-18(16)8-2/h7,9-13,18,23H,1,8H2,2-6H3. The molecule has 0 aromatic heterocycles. The zero-order valence-electron chi connectivity index (χ0n) is 15.8. The molecule has 0 amide bonds. The molecule has 1 unspecified atom stereocenters. The maximum absolute atomic E-state index is 6.31. The van der Waals surface area contributed by atoms with E-state index in [1.807, 2.05) is 24.3 Å². The number of hydrogen-bond acceptors (Lipinski definition) is 3. The van der Waals surface area contributed by atoms with Gasteiger partial charge in [-0.25, -0.2) is 0 Å². The first-order valence-electron chi connectivity index (χ1n) is 8.80. The van der Waals surface area contributed by atoms with Gasteiger partial charge in [0, 0.05) is 16.8 Å². The second-order valence-corrected chi connectivity index (χ2v) is 7.15. The molecule has 0 spiro atoms. The van der Waals surface area contributed by atoms with Crippen molar-refractivity contribution in [3.8, 4) is 11.5 Å². The molecule has 1 aromatic rings. The molecule has 0 bridgehead atoms. The number of allylic oxidation sites excluding steroid dienone is 2. The summed E-state index contributed by atoms with van der Waals surface area (Å²) in [5.41, 5.74) is 5.55. The van der Waals surface area contributed by atoms with Gasteiger partial charge in [0.25, 0.3) is 0 Å². The van der Waals surface area contributed by atoms with Crippen LogP contribution in [0, 0.1) is 0 Å². The third kappa shape index (κ3) is 3.11. The second-order valence-electron chi connectivity index (χ2n) is 7.15. The summed E-state index contributed by atoms with van der Waals surface area (Å²) in [6, 6.07) is 5.94. The number of methoxy groups -OCH3 is 1. The first-order valence-corrected chi connectivity index (χ1v) is 8.80. The van der Waals surface area contributed by atoms with Gasteiger partial charge in [0.2, 0.25) is 0 Å². The van der Waals surface area contributed by atoms with E-state index in [9.17, 15) is 0 Å². The number of fused-ring (bicyclic) bond motifs is 1. The van der Waals surface area contributed by atoms with Crippen LogP contribution in [0.2, 0.25) is 0 Å². The van der Waals surface area contributed by atoms with Gasteiger partial charge in [-0.05, 0) is 57.0 Å². The largest absolute Gasteiger partial charge is 0.496 e. The average molecular weight is 337 g/mol. The van der Waals surface area contributed by atoms with Crippen LogP contribution in [0.4, 0.5) is 0 Å². The lowest BCUT2D eigenvalue weighted by molar-refractivity contribution is 0.229. The van der Waals surface area contributed by atoms with E-state index < -0.39 is 0 Å². The van der Waals surface area contributed by atoms with Crippen molar-refractivity contribution >= 4 is 6.08 Å². The van der Waals surface area contributed by atoms with Crippen LogP contribution in [0.3, 0.4) is 0 Å². The summed E-state index contributed by atoms with van der Waals surface area (Å²) in [6.07, 6.45) is 7.28. The summed E-state index contributed by atoms with van der Waals surface area (Å²) < 4.78 is 11.9. The molecule has 3 rings (SSSR count). The first kappa shape index (κ1) is 17.4. The zero-order valence-corrected chi connectivity index (χ0v) is 15.8. The third-order valence-corrected chi connectivity index (χ3v) is 4.72. The van der Waals surface area contributed by atoms with Gasteiger partial charge in [0.1, 0.15) is 17.6 Å². The minimum atomic E-state index is -0.0928. The summed E-state index contributed by atoms with van der Waals surface area (Å²) in [5, 5.41) is 3.57. The number of benzene rings is 1. The molecule has 0 saturated carbocycles. The van der Waals surface area contributed by atoms with Crippen LogP contribution >= 0.6 is 0 Å². The number of dihydropyridines is 1. The minimum absolute atomic E-state index is 0.0101. The van der Waals surface area contributed by atoms with Crippen molar-refractivity contribution in [3.63, 3.8) is 0 Å². The van der Waals surface area contributed by atoms with E-state index in [1.54, 1.807) is 7.11 Å². The maximum atomic E-state index is 6.31. The smallest absolute Gasteiger partial charge is 0.131 e. The summed E-state index contributed by atoms with van der Waals surface area (Å²) in [6.45, 7) is 12.7. The molecule has 0 aliphatic carbocycles. The Bertz CT molecular complexity index is 796.